The van der Waals surface area contributed by atoms with Crippen molar-refractivity contribution in [2.75, 3.05) is 0 Å². The first-order chi connectivity index (χ1) is 6.20. The summed E-state index contributed by atoms with van der Waals surface area (Å²) in [7, 11) is 0. The Hall–Kier alpha value is -1.35. The number of fused-ring (bicyclic) bond motifs is 1. The van der Waals surface area contributed by atoms with Gasteiger partial charge in [0.1, 0.15) is 5.71 Å². The van der Waals surface area contributed by atoms with Gasteiger partial charge in [-0.25, -0.2) is 0 Å². The normalized spacial score (nSPS) is 14.5. The Balaban J connectivity index is 2.72. The summed E-state index contributed by atoms with van der Waals surface area (Å²) in [6, 6.07) is 5.31. The number of allylic oxidation sites excluding steroid dienone is 1. The van der Waals surface area contributed by atoms with Crippen LogP contribution in [0.1, 0.15) is 15.9 Å². The molecule has 0 saturated carbocycles. The minimum atomic E-state index is -0.228. The van der Waals surface area contributed by atoms with Gasteiger partial charge in [-0.3, -0.25) is 10.2 Å². The number of Topliss-reactive ketones (excluding diaryl/α,β-unsaturated/α-hetero) is 1. The first-order valence-corrected chi connectivity index (χ1v) is 4.28. The van der Waals surface area contributed by atoms with Crippen molar-refractivity contribution in [2.45, 2.75) is 4.90 Å². The Labute approximate surface area is 81.2 Å². The van der Waals surface area contributed by atoms with Gasteiger partial charge in [-0.15, -0.1) is 12.6 Å². The standard InChI is InChI=1S/C10H7NOS/c11-8-5-4-6-7(10(8)12)2-1-3-9(6)13/h1-5,11,13H. The van der Waals surface area contributed by atoms with Crippen LogP contribution in [0.4, 0.5) is 0 Å². The van der Waals surface area contributed by atoms with Crippen molar-refractivity contribution >= 4 is 30.2 Å². The van der Waals surface area contributed by atoms with E-state index in [1.807, 2.05) is 6.07 Å². The molecular formula is C10H7NOS. The van der Waals surface area contributed by atoms with Crippen LogP contribution < -0.4 is 0 Å². The SMILES string of the molecule is N=C1C=Cc2c(S)cccc2C1=O. The lowest BCUT2D eigenvalue weighted by Crippen LogP contribution is -2.15. The molecule has 2 rings (SSSR count). The Bertz CT molecular complexity index is 435. The monoisotopic (exact) mass is 189 g/mol. The molecule has 1 aliphatic carbocycles. The highest BCUT2D eigenvalue weighted by Crippen LogP contribution is 2.23. The molecule has 1 aliphatic rings. The zero-order valence-corrected chi connectivity index (χ0v) is 7.64. The second kappa shape index (κ2) is 2.85. The van der Waals surface area contributed by atoms with Crippen molar-refractivity contribution in [3.8, 4) is 0 Å². The number of ketones is 1. The molecule has 0 bridgehead atoms. The van der Waals surface area contributed by atoms with Crippen LogP contribution in [0.15, 0.2) is 29.2 Å². The van der Waals surface area contributed by atoms with E-state index in [0.29, 0.717) is 5.56 Å². The van der Waals surface area contributed by atoms with Crippen molar-refractivity contribution in [3.63, 3.8) is 0 Å². The summed E-state index contributed by atoms with van der Waals surface area (Å²) < 4.78 is 0. The van der Waals surface area contributed by atoms with Crippen LogP contribution in [-0.2, 0) is 0 Å². The van der Waals surface area contributed by atoms with Gasteiger partial charge in [-0.05, 0) is 17.7 Å². The summed E-state index contributed by atoms with van der Waals surface area (Å²) in [6.45, 7) is 0. The quantitative estimate of drug-likeness (QED) is 0.603. The molecule has 64 valence electrons. The summed E-state index contributed by atoms with van der Waals surface area (Å²) >= 11 is 4.23. The molecule has 0 fully saturated rings. The predicted molar refractivity (Wildman–Crippen MR) is 54.8 cm³/mol. The largest absolute Gasteiger partial charge is 0.297 e. The van der Waals surface area contributed by atoms with E-state index in [1.54, 1.807) is 18.2 Å². The van der Waals surface area contributed by atoms with Crippen molar-refractivity contribution in [3.05, 3.63) is 35.4 Å². The Morgan fingerprint density at radius 2 is 2.00 bits per heavy atom. The summed E-state index contributed by atoms with van der Waals surface area (Å²) in [5.41, 5.74) is 1.42. The third-order valence-corrected chi connectivity index (χ3v) is 2.38. The van der Waals surface area contributed by atoms with Gasteiger partial charge < -0.3 is 0 Å². The fourth-order valence-electron chi connectivity index (χ4n) is 1.31. The average molecular weight is 189 g/mol. The Morgan fingerprint density at radius 3 is 2.77 bits per heavy atom. The molecular weight excluding hydrogens is 182 g/mol. The van der Waals surface area contributed by atoms with Gasteiger partial charge in [0, 0.05) is 10.5 Å². The number of hydrogen-bond acceptors (Lipinski definition) is 3. The number of carbonyl (C=O) groups is 1. The first-order valence-electron chi connectivity index (χ1n) is 3.83. The molecule has 3 heteroatoms. The van der Waals surface area contributed by atoms with Crippen LogP contribution >= 0.6 is 12.6 Å². The second-order valence-electron chi connectivity index (χ2n) is 2.81. The van der Waals surface area contributed by atoms with Crippen LogP contribution in [-0.4, -0.2) is 11.5 Å². The summed E-state index contributed by atoms with van der Waals surface area (Å²) in [6.07, 6.45) is 3.26. The lowest BCUT2D eigenvalue weighted by molar-refractivity contribution is 0.106. The van der Waals surface area contributed by atoms with E-state index in [4.69, 9.17) is 5.41 Å². The van der Waals surface area contributed by atoms with E-state index >= 15 is 0 Å². The predicted octanol–water partition coefficient (Wildman–Crippen LogP) is 2.20. The van der Waals surface area contributed by atoms with E-state index in [1.165, 1.54) is 6.08 Å². The highest BCUT2D eigenvalue weighted by molar-refractivity contribution is 7.80. The van der Waals surface area contributed by atoms with E-state index < -0.39 is 0 Å². The number of benzene rings is 1. The van der Waals surface area contributed by atoms with Crippen LogP contribution in [0.3, 0.4) is 0 Å². The van der Waals surface area contributed by atoms with E-state index in [0.717, 1.165) is 10.5 Å². The topological polar surface area (TPSA) is 40.9 Å². The Morgan fingerprint density at radius 1 is 1.23 bits per heavy atom. The van der Waals surface area contributed by atoms with Gasteiger partial charge in [0.2, 0.25) is 5.78 Å². The number of nitrogens with one attached hydrogen (secondary N) is 1. The number of rotatable bonds is 0. The van der Waals surface area contributed by atoms with Crippen molar-refractivity contribution in [1.82, 2.24) is 0 Å². The molecule has 2 nitrogen and oxygen atoms in total. The maximum absolute atomic E-state index is 11.5. The van der Waals surface area contributed by atoms with Gasteiger partial charge in [-0.1, -0.05) is 18.2 Å². The molecule has 0 aliphatic heterocycles. The van der Waals surface area contributed by atoms with E-state index in [2.05, 4.69) is 12.6 Å². The molecule has 0 spiro atoms. The lowest BCUT2D eigenvalue weighted by atomic mass is 9.95. The van der Waals surface area contributed by atoms with Gasteiger partial charge in [-0.2, -0.15) is 0 Å². The van der Waals surface area contributed by atoms with Crippen molar-refractivity contribution in [2.24, 2.45) is 0 Å². The average Bonchev–Trinajstić information content (AvgIpc) is 2.12. The van der Waals surface area contributed by atoms with Crippen LogP contribution in [0.25, 0.3) is 6.08 Å². The number of hydrogen-bond donors (Lipinski definition) is 2. The third kappa shape index (κ3) is 1.21. The van der Waals surface area contributed by atoms with E-state index in [9.17, 15) is 4.79 Å². The molecule has 0 aromatic heterocycles. The fraction of sp³-hybridized carbons (Fsp3) is 0. The zero-order chi connectivity index (χ0) is 9.42. The summed E-state index contributed by atoms with van der Waals surface area (Å²) in [5.74, 6) is -0.228. The fourth-order valence-corrected chi connectivity index (χ4v) is 1.59. The summed E-state index contributed by atoms with van der Waals surface area (Å²) in [5, 5.41) is 7.33. The van der Waals surface area contributed by atoms with E-state index in [-0.39, 0.29) is 11.5 Å². The van der Waals surface area contributed by atoms with Gasteiger partial charge in [0.15, 0.2) is 0 Å². The Kier molecular flexibility index (Phi) is 1.81. The molecule has 0 amide bonds. The van der Waals surface area contributed by atoms with Gasteiger partial charge >= 0.3 is 0 Å². The maximum Gasteiger partial charge on any atom is 0.211 e. The minimum Gasteiger partial charge on any atom is -0.297 e. The molecule has 0 atom stereocenters. The van der Waals surface area contributed by atoms with Gasteiger partial charge in [0.05, 0.1) is 0 Å². The molecule has 1 aromatic rings. The molecule has 0 unspecified atom stereocenters. The zero-order valence-electron chi connectivity index (χ0n) is 6.74. The van der Waals surface area contributed by atoms with Gasteiger partial charge in [0.25, 0.3) is 0 Å². The van der Waals surface area contributed by atoms with Crippen LogP contribution in [0, 0.1) is 5.41 Å². The number of thiol groups is 1. The molecule has 1 aromatic carbocycles. The van der Waals surface area contributed by atoms with Crippen LogP contribution in [0.2, 0.25) is 0 Å². The third-order valence-electron chi connectivity index (χ3n) is 1.99. The van der Waals surface area contributed by atoms with Crippen molar-refractivity contribution in [1.29, 1.82) is 5.41 Å². The minimum absolute atomic E-state index is 0.0337. The molecule has 1 N–H and O–H groups in total. The molecule has 0 saturated heterocycles. The highest BCUT2D eigenvalue weighted by atomic mass is 32.1. The number of carbonyl (C=O) groups excluding carboxylic acids is 1. The molecule has 0 radical (unpaired) electrons. The second-order valence-corrected chi connectivity index (χ2v) is 3.30. The molecule has 0 heterocycles. The van der Waals surface area contributed by atoms with Crippen LogP contribution in [0.5, 0.6) is 0 Å². The first kappa shape index (κ1) is 8.26. The maximum atomic E-state index is 11.5. The summed E-state index contributed by atoms with van der Waals surface area (Å²) in [4.78, 5) is 12.2. The van der Waals surface area contributed by atoms with Crippen molar-refractivity contribution < 1.29 is 4.79 Å². The molecule has 13 heavy (non-hydrogen) atoms. The highest BCUT2D eigenvalue weighted by Gasteiger charge is 2.18. The lowest BCUT2D eigenvalue weighted by Gasteiger charge is -2.10. The smallest absolute Gasteiger partial charge is 0.211 e.